The highest BCUT2D eigenvalue weighted by Crippen LogP contribution is 2.25. The van der Waals surface area contributed by atoms with E-state index in [0.29, 0.717) is 10.9 Å². The quantitative estimate of drug-likeness (QED) is 0.330. The van der Waals surface area contributed by atoms with Crippen molar-refractivity contribution in [2.45, 2.75) is 6.92 Å². The minimum atomic E-state index is -0.636. The SMILES string of the molecule is CC(=O)C(=Cc1c(O)c2cccnc2[nH]c1=O)C(=O)c1ccccc1. The normalized spacial score (nSPS) is 11.5. The van der Waals surface area contributed by atoms with Crippen LogP contribution in [0.25, 0.3) is 17.1 Å². The van der Waals surface area contributed by atoms with Crippen LogP contribution in [0.15, 0.2) is 59.0 Å². The number of carbonyl (C=O) groups is 2. The molecule has 0 saturated heterocycles. The summed E-state index contributed by atoms with van der Waals surface area (Å²) in [4.78, 5) is 43.3. The summed E-state index contributed by atoms with van der Waals surface area (Å²) in [7, 11) is 0. The van der Waals surface area contributed by atoms with Gasteiger partial charge in [-0.3, -0.25) is 14.4 Å². The van der Waals surface area contributed by atoms with Crippen molar-refractivity contribution in [1.82, 2.24) is 9.97 Å². The molecule has 3 rings (SSSR count). The topological polar surface area (TPSA) is 100 Å². The molecule has 0 fully saturated rings. The van der Waals surface area contributed by atoms with Gasteiger partial charge in [-0.2, -0.15) is 0 Å². The third kappa shape index (κ3) is 3.10. The molecular weight excluding hydrogens is 320 g/mol. The van der Waals surface area contributed by atoms with E-state index in [0.717, 1.165) is 6.08 Å². The molecule has 0 unspecified atom stereocenters. The molecule has 0 atom stereocenters. The Labute approximate surface area is 142 Å². The summed E-state index contributed by atoms with van der Waals surface area (Å²) in [5, 5.41) is 10.7. The van der Waals surface area contributed by atoms with Crippen molar-refractivity contribution < 1.29 is 14.7 Å². The molecule has 0 radical (unpaired) electrons. The molecule has 0 aliphatic carbocycles. The number of carbonyl (C=O) groups excluding carboxylic acids is 2. The number of nitrogens with one attached hydrogen (secondary N) is 1. The maximum absolute atomic E-state index is 12.6. The monoisotopic (exact) mass is 334 g/mol. The maximum Gasteiger partial charge on any atom is 0.260 e. The highest BCUT2D eigenvalue weighted by atomic mass is 16.3. The summed E-state index contributed by atoms with van der Waals surface area (Å²) in [5.74, 6) is -1.34. The van der Waals surface area contributed by atoms with Gasteiger partial charge in [0, 0.05) is 11.8 Å². The van der Waals surface area contributed by atoms with Crippen LogP contribution >= 0.6 is 0 Å². The van der Waals surface area contributed by atoms with E-state index in [2.05, 4.69) is 9.97 Å². The number of hydrogen-bond donors (Lipinski definition) is 2. The van der Waals surface area contributed by atoms with Crippen molar-refractivity contribution in [2.24, 2.45) is 0 Å². The lowest BCUT2D eigenvalue weighted by atomic mass is 9.98. The van der Waals surface area contributed by atoms with Crippen molar-refractivity contribution in [3.8, 4) is 5.75 Å². The molecule has 0 aliphatic heterocycles. The lowest BCUT2D eigenvalue weighted by molar-refractivity contribution is -0.113. The number of aromatic amines is 1. The molecular formula is C19H14N2O4. The lowest BCUT2D eigenvalue weighted by Crippen LogP contribution is -2.14. The first-order valence-electron chi connectivity index (χ1n) is 7.51. The van der Waals surface area contributed by atoms with E-state index in [4.69, 9.17) is 0 Å². The molecule has 0 saturated carbocycles. The van der Waals surface area contributed by atoms with Gasteiger partial charge in [-0.15, -0.1) is 0 Å². The maximum atomic E-state index is 12.6. The molecule has 0 spiro atoms. The van der Waals surface area contributed by atoms with Crippen LogP contribution in [-0.2, 0) is 4.79 Å². The fraction of sp³-hybridized carbons (Fsp3) is 0.0526. The Hall–Kier alpha value is -3.54. The van der Waals surface area contributed by atoms with Gasteiger partial charge in [-0.1, -0.05) is 30.3 Å². The predicted octanol–water partition coefficient (Wildman–Crippen LogP) is 2.48. The number of rotatable bonds is 4. The van der Waals surface area contributed by atoms with Crippen molar-refractivity contribution in [1.29, 1.82) is 0 Å². The number of allylic oxidation sites excluding steroid dienone is 1. The lowest BCUT2D eigenvalue weighted by Gasteiger charge is -2.06. The number of Topliss-reactive ketones (excluding diaryl/α,β-unsaturated/α-hetero) is 2. The van der Waals surface area contributed by atoms with Crippen LogP contribution in [0.5, 0.6) is 5.75 Å². The average molecular weight is 334 g/mol. The third-order valence-electron chi connectivity index (χ3n) is 3.74. The standard InChI is InChI=1S/C19H14N2O4/c1-11(22)14(16(23)12-6-3-2-4-7-12)10-15-17(24)13-8-5-9-20-18(13)21-19(15)25/h2-10H,1H3,(H2,20,21,24,25). The summed E-state index contributed by atoms with van der Waals surface area (Å²) in [6.45, 7) is 1.24. The Kier molecular flexibility index (Phi) is 4.26. The summed E-state index contributed by atoms with van der Waals surface area (Å²) in [6.07, 6.45) is 2.60. The molecule has 0 amide bonds. The van der Waals surface area contributed by atoms with Gasteiger partial charge in [0.15, 0.2) is 11.6 Å². The predicted molar refractivity (Wildman–Crippen MR) is 93.5 cm³/mol. The number of aromatic nitrogens is 2. The second-order valence-electron chi connectivity index (χ2n) is 5.43. The van der Waals surface area contributed by atoms with Crippen LogP contribution in [0.1, 0.15) is 22.8 Å². The summed E-state index contributed by atoms with van der Waals surface area (Å²) >= 11 is 0. The fourth-order valence-electron chi connectivity index (χ4n) is 2.47. The van der Waals surface area contributed by atoms with Crippen molar-refractivity contribution in [2.75, 3.05) is 0 Å². The zero-order valence-electron chi connectivity index (χ0n) is 13.3. The Morgan fingerprint density at radius 1 is 1.12 bits per heavy atom. The minimum absolute atomic E-state index is 0.157. The minimum Gasteiger partial charge on any atom is -0.506 e. The number of hydrogen-bond acceptors (Lipinski definition) is 5. The number of H-pyrrole nitrogens is 1. The molecule has 2 N–H and O–H groups in total. The van der Waals surface area contributed by atoms with E-state index in [9.17, 15) is 19.5 Å². The van der Waals surface area contributed by atoms with E-state index < -0.39 is 17.1 Å². The number of ketones is 2. The summed E-state index contributed by atoms with van der Waals surface area (Å²) in [6, 6.07) is 11.4. The second kappa shape index (κ2) is 6.52. The van der Waals surface area contributed by atoms with Crippen LogP contribution in [0.2, 0.25) is 0 Å². The molecule has 0 bridgehead atoms. The summed E-state index contributed by atoms with van der Waals surface area (Å²) in [5.41, 5.74) is -0.434. The van der Waals surface area contributed by atoms with Crippen molar-refractivity contribution in [3.05, 3.63) is 75.7 Å². The van der Waals surface area contributed by atoms with Crippen LogP contribution in [-0.4, -0.2) is 26.6 Å². The molecule has 6 nitrogen and oxygen atoms in total. The van der Waals surface area contributed by atoms with Gasteiger partial charge in [0.1, 0.15) is 11.4 Å². The van der Waals surface area contributed by atoms with Crippen LogP contribution in [0.3, 0.4) is 0 Å². The largest absolute Gasteiger partial charge is 0.506 e. The van der Waals surface area contributed by atoms with Crippen LogP contribution in [0.4, 0.5) is 0 Å². The Morgan fingerprint density at radius 3 is 2.52 bits per heavy atom. The van der Waals surface area contributed by atoms with Crippen molar-refractivity contribution in [3.63, 3.8) is 0 Å². The zero-order valence-corrected chi connectivity index (χ0v) is 13.3. The fourth-order valence-corrected chi connectivity index (χ4v) is 2.47. The van der Waals surface area contributed by atoms with E-state index in [-0.39, 0.29) is 22.5 Å². The van der Waals surface area contributed by atoms with Gasteiger partial charge < -0.3 is 10.1 Å². The van der Waals surface area contributed by atoms with Crippen molar-refractivity contribution >= 4 is 28.7 Å². The number of fused-ring (bicyclic) bond motifs is 1. The third-order valence-corrected chi connectivity index (χ3v) is 3.74. The summed E-state index contributed by atoms with van der Waals surface area (Å²) < 4.78 is 0. The first-order valence-corrected chi connectivity index (χ1v) is 7.51. The highest BCUT2D eigenvalue weighted by molar-refractivity contribution is 6.28. The van der Waals surface area contributed by atoms with Gasteiger partial charge >= 0.3 is 0 Å². The van der Waals surface area contributed by atoms with E-state index in [1.807, 2.05) is 0 Å². The smallest absolute Gasteiger partial charge is 0.260 e. The van der Waals surface area contributed by atoms with E-state index >= 15 is 0 Å². The molecule has 124 valence electrons. The Morgan fingerprint density at radius 2 is 1.84 bits per heavy atom. The van der Waals surface area contributed by atoms with E-state index in [1.54, 1.807) is 42.5 Å². The average Bonchev–Trinajstić information content (AvgIpc) is 2.61. The van der Waals surface area contributed by atoms with Gasteiger partial charge in [0.2, 0.25) is 0 Å². The Balaban J connectivity index is 2.20. The first kappa shape index (κ1) is 16.3. The molecule has 1 aromatic carbocycles. The van der Waals surface area contributed by atoms with Crippen LogP contribution in [0, 0.1) is 0 Å². The van der Waals surface area contributed by atoms with Crippen LogP contribution < -0.4 is 5.56 Å². The zero-order chi connectivity index (χ0) is 18.0. The molecule has 25 heavy (non-hydrogen) atoms. The number of aromatic hydroxyl groups is 1. The number of benzene rings is 1. The van der Waals surface area contributed by atoms with Gasteiger partial charge in [-0.25, -0.2) is 4.98 Å². The molecule has 2 aromatic heterocycles. The van der Waals surface area contributed by atoms with Gasteiger partial charge in [0.25, 0.3) is 5.56 Å². The molecule has 6 heteroatoms. The van der Waals surface area contributed by atoms with Gasteiger partial charge in [0.05, 0.1) is 16.5 Å². The first-order chi connectivity index (χ1) is 12.0. The number of pyridine rings is 2. The number of nitrogens with zero attached hydrogens (tertiary/aromatic N) is 1. The second-order valence-corrected chi connectivity index (χ2v) is 5.43. The molecule has 2 heterocycles. The molecule has 0 aliphatic rings. The van der Waals surface area contributed by atoms with E-state index in [1.165, 1.54) is 13.1 Å². The van der Waals surface area contributed by atoms with Gasteiger partial charge in [-0.05, 0) is 25.1 Å². The Bertz CT molecular complexity index is 1070. The highest BCUT2D eigenvalue weighted by Gasteiger charge is 2.19. The molecule has 3 aromatic rings.